The number of nitrogens with one attached hydrogen (secondary N) is 4. The summed E-state index contributed by atoms with van der Waals surface area (Å²) in [6.07, 6.45) is -0.247. The van der Waals surface area contributed by atoms with Crippen molar-refractivity contribution in [1.82, 2.24) is 21.3 Å². The van der Waals surface area contributed by atoms with Crippen LogP contribution >= 0.6 is 0 Å². The summed E-state index contributed by atoms with van der Waals surface area (Å²) in [4.78, 5) is 75.1. The van der Waals surface area contributed by atoms with Gasteiger partial charge in [0.1, 0.15) is 29.9 Å². The Morgan fingerprint density at radius 3 is 1.82 bits per heavy atom. The summed E-state index contributed by atoms with van der Waals surface area (Å²) in [5.41, 5.74) is 6.40. The van der Waals surface area contributed by atoms with Gasteiger partial charge in [-0.1, -0.05) is 46.2 Å². The van der Waals surface area contributed by atoms with E-state index in [-0.39, 0.29) is 24.5 Å². The fraction of sp³-hybridized carbons (Fsp3) is 0.586. The molecule has 1 rings (SSSR count). The molecule has 246 valence electrons. The summed E-state index contributed by atoms with van der Waals surface area (Å²) >= 11 is 0. The van der Waals surface area contributed by atoms with Crippen LogP contribution in [-0.2, 0) is 35.2 Å². The second kappa shape index (κ2) is 18.4. The summed E-state index contributed by atoms with van der Waals surface area (Å²) in [6.45, 7) is 6.15. The summed E-state index contributed by atoms with van der Waals surface area (Å²) in [5.74, 6) is -6.46. The van der Waals surface area contributed by atoms with Crippen molar-refractivity contribution in [1.29, 1.82) is 0 Å². The van der Waals surface area contributed by atoms with Gasteiger partial charge in [0.25, 0.3) is 0 Å². The first-order valence-electron chi connectivity index (χ1n) is 14.4. The zero-order valence-electron chi connectivity index (χ0n) is 25.4. The fourth-order valence-electron chi connectivity index (χ4n) is 4.18. The molecule has 0 fully saturated rings. The minimum Gasteiger partial charge on any atom is -0.508 e. The number of amides is 4. The molecule has 0 spiro atoms. The first-order valence-corrected chi connectivity index (χ1v) is 14.4. The van der Waals surface area contributed by atoms with Gasteiger partial charge in [0, 0.05) is 12.8 Å². The molecule has 0 aromatic heterocycles. The Balaban J connectivity index is 3.25. The van der Waals surface area contributed by atoms with Crippen molar-refractivity contribution in [2.45, 2.75) is 90.0 Å². The largest absolute Gasteiger partial charge is 0.508 e. The molecule has 15 heteroatoms. The molecule has 0 saturated heterocycles. The summed E-state index contributed by atoms with van der Waals surface area (Å²) in [5, 5.41) is 47.7. The zero-order chi connectivity index (χ0) is 33.6. The van der Waals surface area contributed by atoms with Crippen molar-refractivity contribution >= 4 is 35.6 Å². The highest BCUT2D eigenvalue weighted by Gasteiger charge is 2.33. The molecule has 0 radical (unpaired) electrons. The van der Waals surface area contributed by atoms with Crippen molar-refractivity contribution in [3.8, 4) is 5.75 Å². The van der Waals surface area contributed by atoms with Crippen LogP contribution in [0.25, 0.3) is 0 Å². The molecule has 10 N–H and O–H groups in total. The predicted octanol–water partition coefficient (Wildman–Crippen LogP) is -0.765. The molecule has 15 nitrogen and oxygen atoms in total. The molecule has 6 atom stereocenters. The van der Waals surface area contributed by atoms with E-state index >= 15 is 0 Å². The van der Waals surface area contributed by atoms with Crippen LogP contribution in [0.4, 0.5) is 0 Å². The number of carbonyl (C=O) groups is 6. The number of phenols is 1. The van der Waals surface area contributed by atoms with Crippen molar-refractivity contribution in [2.75, 3.05) is 6.61 Å². The maximum Gasteiger partial charge on any atom is 0.326 e. The number of benzene rings is 1. The third-order valence-electron chi connectivity index (χ3n) is 6.94. The van der Waals surface area contributed by atoms with Gasteiger partial charge in [0.2, 0.25) is 23.6 Å². The number of aliphatic carboxylic acids is 2. The van der Waals surface area contributed by atoms with Crippen LogP contribution in [0.5, 0.6) is 5.75 Å². The molecule has 1 aromatic carbocycles. The van der Waals surface area contributed by atoms with E-state index in [2.05, 4.69) is 21.3 Å². The van der Waals surface area contributed by atoms with Gasteiger partial charge in [0.15, 0.2) is 0 Å². The number of rotatable bonds is 19. The average molecular weight is 624 g/mol. The summed E-state index contributed by atoms with van der Waals surface area (Å²) in [7, 11) is 0. The summed E-state index contributed by atoms with van der Waals surface area (Å²) in [6, 6.07) is -0.961. The molecule has 44 heavy (non-hydrogen) atoms. The lowest BCUT2D eigenvalue weighted by Gasteiger charge is -2.27. The van der Waals surface area contributed by atoms with Crippen LogP contribution in [0.2, 0.25) is 0 Å². The monoisotopic (exact) mass is 623 g/mol. The second-order valence-electron chi connectivity index (χ2n) is 11.1. The van der Waals surface area contributed by atoms with Gasteiger partial charge < -0.3 is 47.4 Å². The number of carbonyl (C=O) groups excluding carboxylic acids is 4. The lowest BCUT2D eigenvalue weighted by molar-refractivity contribution is -0.144. The maximum absolute atomic E-state index is 13.4. The number of carboxylic acids is 2. The number of aliphatic hydroxyl groups is 1. The molecule has 0 bridgehead atoms. The average Bonchev–Trinajstić information content (AvgIpc) is 2.95. The van der Waals surface area contributed by atoms with E-state index < -0.39 is 84.7 Å². The fourth-order valence-corrected chi connectivity index (χ4v) is 4.18. The highest BCUT2D eigenvalue weighted by atomic mass is 16.4. The molecule has 0 aliphatic rings. The Labute approximate surface area is 256 Å². The van der Waals surface area contributed by atoms with Crippen LogP contribution in [0.3, 0.4) is 0 Å². The molecule has 1 aromatic rings. The molecule has 0 saturated carbocycles. The number of phenolic OH excluding ortho intramolecular Hbond substituents is 1. The Hall–Kier alpha value is -4.24. The number of aliphatic hydroxyl groups excluding tert-OH is 1. The molecular weight excluding hydrogens is 578 g/mol. The van der Waals surface area contributed by atoms with Crippen molar-refractivity contribution in [3.05, 3.63) is 29.8 Å². The van der Waals surface area contributed by atoms with Gasteiger partial charge in [-0.15, -0.1) is 0 Å². The van der Waals surface area contributed by atoms with Crippen molar-refractivity contribution < 1.29 is 49.2 Å². The Morgan fingerprint density at radius 1 is 0.795 bits per heavy atom. The van der Waals surface area contributed by atoms with Crippen LogP contribution in [-0.4, -0.2) is 92.8 Å². The molecule has 0 heterocycles. The molecule has 4 amide bonds. The van der Waals surface area contributed by atoms with Gasteiger partial charge in [-0.2, -0.15) is 0 Å². The van der Waals surface area contributed by atoms with E-state index in [4.69, 9.17) is 10.8 Å². The van der Waals surface area contributed by atoms with Crippen LogP contribution in [0.15, 0.2) is 24.3 Å². The topological polar surface area (TPSA) is 257 Å². The third kappa shape index (κ3) is 13.0. The smallest absolute Gasteiger partial charge is 0.326 e. The molecule has 0 aliphatic heterocycles. The first-order chi connectivity index (χ1) is 20.6. The normalized spacial score (nSPS) is 15.2. The van der Waals surface area contributed by atoms with Crippen LogP contribution in [0, 0.1) is 11.8 Å². The van der Waals surface area contributed by atoms with Crippen LogP contribution < -0.4 is 27.0 Å². The van der Waals surface area contributed by atoms with E-state index in [0.29, 0.717) is 18.4 Å². The Morgan fingerprint density at radius 2 is 1.32 bits per heavy atom. The number of nitrogens with two attached hydrogens (primary N) is 1. The lowest BCUT2D eigenvalue weighted by Crippen LogP contribution is -2.60. The van der Waals surface area contributed by atoms with Crippen molar-refractivity contribution in [3.63, 3.8) is 0 Å². The second-order valence-corrected chi connectivity index (χ2v) is 11.1. The van der Waals surface area contributed by atoms with Crippen molar-refractivity contribution in [2.24, 2.45) is 17.6 Å². The Kier molecular flexibility index (Phi) is 15.8. The van der Waals surface area contributed by atoms with Gasteiger partial charge >= 0.3 is 11.9 Å². The zero-order valence-corrected chi connectivity index (χ0v) is 25.4. The lowest BCUT2D eigenvalue weighted by atomic mass is 9.99. The molecular formula is C29H45N5O10. The Bertz CT molecular complexity index is 1140. The standard InChI is InChI=1S/C29H45N5O10/c1-5-16(4)24(29(43)44)34-28(42)22(14-35)33-27(41)21(13-17-6-8-18(36)9-7-17)32-26(40)20(10-11-23(37)38)31-25(39)19(30)12-15(2)3/h6-9,15-16,19-22,24,35-36H,5,10-14,30H2,1-4H3,(H,31,39)(H,32,40)(H,33,41)(H,34,42)(H,37,38)(H,43,44). The maximum atomic E-state index is 13.4. The van der Waals surface area contributed by atoms with Gasteiger partial charge in [-0.05, 0) is 42.4 Å². The van der Waals surface area contributed by atoms with Gasteiger partial charge in [-0.3, -0.25) is 24.0 Å². The SMILES string of the molecule is CCC(C)C(NC(=O)C(CO)NC(=O)C(Cc1ccc(O)cc1)NC(=O)C(CCC(=O)O)NC(=O)C(N)CC(C)C)C(=O)O. The van der Waals surface area contributed by atoms with E-state index in [1.807, 2.05) is 13.8 Å². The number of hydrogen-bond donors (Lipinski definition) is 9. The highest BCUT2D eigenvalue weighted by molar-refractivity contribution is 5.95. The number of carboxylic acid groups (broad SMARTS) is 2. The third-order valence-corrected chi connectivity index (χ3v) is 6.94. The van der Waals surface area contributed by atoms with E-state index in [0.717, 1.165) is 0 Å². The quantitative estimate of drug-likeness (QED) is 0.0925. The van der Waals surface area contributed by atoms with Gasteiger partial charge in [0.05, 0.1) is 12.6 Å². The minimum absolute atomic E-state index is 0.0562. The number of aromatic hydroxyl groups is 1. The minimum atomic E-state index is -1.58. The van der Waals surface area contributed by atoms with E-state index in [1.165, 1.54) is 24.3 Å². The summed E-state index contributed by atoms with van der Waals surface area (Å²) < 4.78 is 0. The van der Waals surface area contributed by atoms with E-state index in [1.54, 1.807) is 13.8 Å². The highest BCUT2D eigenvalue weighted by Crippen LogP contribution is 2.13. The van der Waals surface area contributed by atoms with Crippen LogP contribution in [0.1, 0.15) is 58.9 Å². The predicted molar refractivity (Wildman–Crippen MR) is 158 cm³/mol. The van der Waals surface area contributed by atoms with Gasteiger partial charge in [-0.25, -0.2) is 4.79 Å². The number of hydrogen-bond acceptors (Lipinski definition) is 9. The van der Waals surface area contributed by atoms with E-state index in [9.17, 15) is 44.1 Å². The molecule has 6 unspecified atom stereocenters. The molecule has 0 aliphatic carbocycles. The first kappa shape index (κ1) is 37.8.